The third-order valence-electron chi connectivity index (χ3n) is 2.21. The summed E-state index contributed by atoms with van der Waals surface area (Å²) >= 11 is 3.28. The smallest absolute Gasteiger partial charge is 0.250 e. The first-order valence-electron chi connectivity index (χ1n) is 4.81. The summed E-state index contributed by atoms with van der Waals surface area (Å²) < 4.78 is 4.11. The average Bonchev–Trinajstić information content (AvgIpc) is 2.57. The highest BCUT2D eigenvalue weighted by Crippen LogP contribution is 2.15. The van der Waals surface area contributed by atoms with E-state index >= 15 is 0 Å². The van der Waals surface area contributed by atoms with Gasteiger partial charge in [0.1, 0.15) is 0 Å². The molecule has 2 N–H and O–H groups in total. The van der Waals surface area contributed by atoms with Crippen molar-refractivity contribution in [2.75, 3.05) is 5.73 Å². The highest BCUT2D eigenvalue weighted by molar-refractivity contribution is 9.10. The lowest BCUT2D eigenvalue weighted by atomic mass is 10.4. The molecular weight excluding hydrogens is 272 g/mol. The van der Waals surface area contributed by atoms with Crippen LogP contribution in [0.25, 0.3) is 0 Å². The first-order valence-corrected chi connectivity index (χ1v) is 5.60. The lowest BCUT2D eigenvalue weighted by Crippen LogP contribution is -2.20. The zero-order chi connectivity index (χ0) is 11.5. The fraction of sp³-hybridized carbons (Fsp3) is 0.200. The van der Waals surface area contributed by atoms with Crippen LogP contribution < -0.4 is 11.3 Å². The van der Waals surface area contributed by atoms with Crippen molar-refractivity contribution < 1.29 is 0 Å². The van der Waals surface area contributed by atoms with E-state index in [1.54, 1.807) is 27.7 Å². The van der Waals surface area contributed by atoms with E-state index in [0.717, 1.165) is 4.47 Å². The van der Waals surface area contributed by atoms with Gasteiger partial charge in [0.15, 0.2) is 5.82 Å². The Bertz CT molecular complexity index is 526. The Labute approximate surface area is 101 Å². The number of hydrogen-bond donors (Lipinski definition) is 1. The van der Waals surface area contributed by atoms with E-state index in [1.807, 2.05) is 6.07 Å². The molecule has 5 nitrogen and oxygen atoms in total. The highest BCUT2D eigenvalue weighted by atomic mass is 79.9. The number of aryl methyl sites for hydroxylation is 2. The zero-order valence-corrected chi connectivity index (χ0v) is 10.1. The summed E-state index contributed by atoms with van der Waals surface area (Å²) in [4.78, 5) is 11.4. The van der Waals surface area contributed by atoms with Crippen molar-refractivity contribution in [1.29, 1.82) is 0 Å². The highest BCUT2D eigenvalue weighted by Gasteiger charge is 2.02. The minimum atomic E-state index is -0.0123. The second-order valence-corrected chi connectivity index (χ2v) is 4.21. The molecule has 0 amide bonds. The van der Waals surface area contributed by atoms with Gasteiger partial charge in [0.25, 0.3) is 5.56 Å². The van der Waals surface area contributed by atoms with Crippen molar-refractivity contribution in [1.82, 2.24) is 14.3 Å². The Morgan fingerprint density at radius 1 is 1.38 bits per heavy atom. The molecule has 2 aromatic rings. The molecule has 16 heavy (non-hydrogen) atoms. The molecule has 0 saturated heterocycles. The molecule has 0 aromatic carbocycles. The molecule has 2 rings (SSSR count). The number of anilines is 1. The first kappa shape index (κ1) is 10.9. The fourth-order valence-corrected chi connectivity index (χ4v) is 1.70. The molecule has 0 spiro atoms. The number of hydrogen-bond acceptors (Lipinski definition) is 3. The molecule has 2 heterocycles. The number of rotatable bonds is 3. The third kappa shape index (κ3) is 2.33. The van der Waals surface area contributed by atoms with Gasteiger partial charge < -0.3 is 10.3 Å². The molecule has 0 aliphatic carbocycles. The maximum Gasteiger partial charge on any atom is 0.250 e. The molecule has 84 valence electrons. The Kier molecular flexibility index (Phi) is 3.09. The van der Waals surface area contributed by atoms with Crippen LogP contribution in [0.3, 0.4) is 0 Å². The number of nitrogen functional groups attached to an aromatic ring is 1. The molecule has 0 unspecified atom stereocenters. The molecule has 0 atom stereocenters. The van der Waals surface area contributed by atoms with Gasteiger partial charge >= 0.3 is 0 Å². The van der Waals surface area contributed by atoms with Gasteiger partial charge in [-0.25, -0.2) is 0 Å². The van der Waals surface area contributed by atoms with Crippen LogP contribution in [0.5, 0.6) is 0 Å². The molecule has 6 heteroatoms. The van der Waals surface area contributed by atoms with Crippen molar-refractivity contribution in [3.05, 3.63) is 45.4 Å². The minimum absolute atomic E-state index is 0.0123. The van der Waals surface area contributed by atoms with Crippen LogP contribution in [0, 0.1) is 0 Å². The van der Waals surface area contributed by atoms with Gasteiger partial charge in [-0.05, 0) is 22.0 Å². The Balaban J connectivity index is 2.08. The molecule has 0 radical (unpaired) electrons. The first-order chi connectivity index (χ1) is 7.66. The van der Waals surface area contributed by atoms with Gasteiger partial charge in [-0.2, -0.15) is 5.10 Å². The summed E-state index contributed by atoms with van der Waals surface area (Å²) in [6.07, 6.45) is 3.55. The molecule has 0 bridgehead atoms. The normalized spacial score (nSPS) is 10.6. The van der Waals surface area contributed by atoms with Crippen LogP contribution in [-0.2, 0) is 13.1 Å². The van der Waals surface area contributed by atoms with E-state index in [0.29, 0.717) is 18.9 Å². The third-order valence-corrected chi connectivity index (χ3v) is 2.82. The largest absolute Gasteiger partial charge is 0.381 e. The molecule has 0 saturated carbocycles. The van der Waals surface area contributed by atoms with Crippen molar-refractivity contribution in [3.63, 3.8) is 0 Å². The van der Waals surface area contributed by atoms with Crippen LogP contribution >= 0.6 is 15.9 Å². The number of nitrogens with two attached hydrogens (primary N) is 1. The zero-order valence-electron chi connectivity index (χ0n) is 8.51. The fourth-order valence-electron chi connectivity index (χ4n) is 1.38. The predicted molar refractivity (Wildman–Crippen MR) is 65.0 cm³/mol. The molecule has 0 fully saturated rings. The van der Waals surface area contributed by atoms with Gasteiger partial charge in [-0.15, -0.1) is 0 Å². The van der Waals surface area contributed by atoms with E-state index in [1.165, 1.54) is 6.07 Å². The van der Waals surface area contributed by atoms with Crippen LogP contribution in [-0.4, -0.2) is 14.3 Å². The second-order valence-electron chi connectivity index (χ2n) is 3.36. The monoisotopic (exact) mass is 282 g/mol. The van der Waals surface area contributed by atoms with Crippen molar-refractivity contribution in [3.8, 4) is 0 Å². The van der Waals surface area contributed by atoms with Crippen molar-refractivity contribution in [2.45, 2.75) is 13.1 Å². The van der Waals surface area contributed by atoms with Crippen LogP contribution in [0.4, 0.5) is 5.82 Å². The van der Waals surface area contributed by atoms with Gasteiger partial charge in [0.2, 0.25) is 0 Å². The predicted octanol–water partition coefficient (Wildman–Crippen LogP) is 1.09. The summed E-state index contributed by atoms with van der Waals surface area (Å²) in [7, 11) is 0. The summed E-state index contributed by atoms with van der Waals surface area (Å²) in [5, 5.41) is 4.09. The summed E-state index contributed by atoms with van der Waals surface area (Å²) in [5.41, 5.74) is 5.58. The summed E-state index contributed by atoms with van der Waals surface area (Å²) in [6, 6.07) is 5.09. The Morgan fingerprint density at radius 2 is 2.19 bits per heavy atom. The van der Waals surface area contributed by atoms with Gasteiger partial charge in [-0.3, -0.25) is 9.48 Å². The van der Waals surface area contributed by atoms with E-state index in [9.17, 15) is 4.79 Å². The number of nitrogens with zero attached hydrogens (tertiary/aromatic N) is 3. The molecule has 0 aliphatic heterocycles. The molecule has 2 aromatic heterocycles. The lowest BCUT2D eigenvalue weighted by molar-refractivity contribution is 0.525. The lowest BCUT2D eigenvalue weighted by Gasteiger charge is -2.04. The van der Waals surface area contributed by atoms with Crippen LogP contribution in [0.1, 0.15) is 0 Å². The Morgan fingerprint density at radius 3 is 2.81 bits per heavy atom. The topological polar surface area (TPSA) is 65.8 Å². The average molecular weight is 283 g/mol. The van der Waals surface area contributed by atoms with Crippen molar-refractivity contribution >= 4 is 21.7 Å². The van der Waals surface area contributed by atoms with E-state index in [4.69, 9.17) is 5.73 Å². The molecular formula is C10H11BrN4O. The van der Waals surface area contributed by atoms with Crippen LogP contribution in [0.2, 0.25) is 0 Å². The van der Waals surface area contributed by atoms with Gasteiger partial charge in [0.05, 0.1) is 11.0 Å². The minimum Gasteiger partial charge on any atom is -0.381 e. The van der Waals surface area contributed by atoms with Crippen LogP contribution in [0.15, 0.2) is 39.9 Å². The van der Waals surface area contributed by atoms with E-state index in [2.05, 4.69) is 21.0 Å². The maximum absolute atomic E-state index is 11.4. The maximum atomic E-state index is 11.4. The second kappa shape index (κ2) is 4.52. The van der Waals surface area contributed by atoms with E-state index in [-0.39, 0.29) is 5.56 Å². The Hall–Kier alpha value is -1.56. The van der Waals surface area contributed by atoms with Crippen molar-refractivity contribution in [2.24, 2.45) is 0 Å². The van der Waals surface area contributed by atoms with Gasteiger partial charge in [0, 0.05) is 25.0 Å². The quantitative estimate of drug-likeness (QED) is 0.917. The SMILES string of the molecule is Nc1nn(CCn2ccccc2=O)cc1Br. The van der Waals surface area contributed by atoms with E-state index < -0.39 is 0 Å². The summed E-state index contributed by atoms with van der Waals surface area (Å²) in [5.74, 6) is 0.459. The number of pyridine rings is 1. The molecule has 0 aliphatic rings. The summed E-state index contributed by atoms with van der Waals surface area (Å²) in [6.45, 7) is 1.19. The number of aromatic nitrogens is 3. The van der Waals surface area contributed by atoms with Gasteiger partial charge in [-0.1, -0.05) is 6.07 Å². The number of halogens is 1. The standard InChI is InChI=1S/C10H11BrN4O/c11-8-7-15(13-10(8)12)6-5-14-4-2-1-3-9(14)16/h1-4,7H,5-6H2,(H2,12,13).